The number of ether oxygens (including phenoxy) is 1. The van der Waals surface area contributed by atoms with Crippen molar-refractivity contribution in [3.63, 3.8) is 0 Å². The molecule has 98 valence electrons. The molecule has 0 amide bonds. The zero-order valence-electron chi connectivity index (χ0n) is 10.5. The summed E-state index contributed by atoms with van der Waals surface area (Å²) in [6.07, 6.45) is 2.47. The Hall–Kier alpha value is -1.81. The van der Waals surface area contributed by atoms with Crippen molar-refractivity contribution < 1.29 is 4.74 Å². The quantitative estimate of drug-likeness (QED) is 0.808. The summed E-state index contributed by atoms with van der Waals surface area (Å²) < 4.78 is 6.55. The fourth-order valence-electron chi connectivity index (χ4n) is 2.51. The highest BCUT2D eigenvalue weighted by Gasteiger charge is 2.26. The Kier molecular flexibility index (Phi) is 3.03. The summed E-state index contributed by atoms with van der Waals surface area (Å²) in [7, 11) is 1.42. The molecule has 0 fully saturated rings. The van der Waals surface area contributed by atoms with Crippen molar-refractivity contribution in [2.75, 3.05) is 7.11 Å². The van der Waals surface area contributed by atoms with Crippen LogP contribution >= 0.6 is 11.6 Å². The van der Waals surface area contributed by atoms with Crippen molar-refractivity contribution in [3.05, 3.63) is 57.2 Å². The molecule has 1 aliphatic carbocycles. The lowest BCUT2D eigenvalue weighted by atomic mass is 9.77. The van der Waals surface area contributed by atoms with Gasteiger partial charge in [0.1, 0.15) is 0 Å². The van der Waals surface area contributed by atoms with Crippen LogP contribution in [0.25, 0.3) is 0 Å². The molecule has 1 atom stereocenters. The first kappa shape index (κ1) is 12.2. The van der Waals surface area contributed by atoms with E-state index in [1.165, 1.54) is 24.6 Å². The van der Waals surface area contributed by atoms with E-state index < -0.39 is 0 Å². The predicted octanol–water partition coefficient (Wildman–Crippen LogP) is 2.25. The second-order valence-corrected chi connectivity index (χ2v) is 4.98. The van der Waals surface area contributed by atoms with Crippen molar-refractivity contribution in [2.24, 2.45) is 0 Å². The van der Waals surface area contributed by atoms with E-state index in [-0.39, 0.29) is 16.5 Å². The van der Waals surface area contributed by atoms with E-state index in [9.17, 15) is 4.79 Å². The number of aromatic nitrogens is 2. The number of methoxy groups -OCH3 is 1. The fraction of sp³-hybridized carbons (Fsp3) is 0.286. The molecule has 1 aromatic carbocycles. The molecule has 1 aliphatic rings. The standard InChI is InChI=1S/C14H13ClN2O2/c1-19-12-13(15)16-8-17(14(12)18)7-10-6-9-4-2-3-5-11(9)10/h2-5,8,10H,6-7H2,1H3. The molecule has 0 aliphatic heterocycles. The summed E-state index contributed by atoms with van der Waals surface area (Å²) in [5.74, 6) is 0.471. The van der Waals surface area contributed by atoms with Gasteiger partial charge in [0.15, 0.2) is 5.15 Å². The molecule has 0 spiro atoms. The third kappa shape index (κ3) is 2.02. The van der Waals surface area contributed by atoms with E-state index >= 15 is 0 Å². The normalized spacial score (nSPS) is 16.6. The van der Waals surface area contributed by atoms with Gasteiger partial charge in [-0.1, -0.05) is 35.9 Å². The second kappa shape index (κ2) is 4.70. The Labute approximate surface area is 115 Å². The molecule has 0 saturated carbocycles. The van der Waals surface area contributed by atoms with E-state index in [0.717, 1.165) is 6.42 Å². The summed E-state index contributed by atoms with van der Waals surface area (Å²) in [5.41, 5.74) is 2.43. The highest BCUT2D eigenvalue weighted by Crippen LogP contribution is 2.35. The van der Waals surface area contributed by atoms with Gasteiger partial charge in [-0.25, -0.2) is 4.98 Å². The third-order valence-corrected chi connectivity index (χ3v) is 3.80. The van der Waals surface area contributed by atoms with E-state index in [1.807, 2.05) is 12.1 Å². The lowest BCUT2D eigenvalue weighted by Gasteiger charge is -2.30. The highest BCUT2D eigenvalue weighted by molar-refractivity contribution is 6.30. The lowest BCUT2D eigenvalue weighted by molar-refractivity contribution is 0.394. The molecular formula is C14H13ClN2O2. The van der Waals surface area contributed by atoms with Gasteiger partial charge in [0, 0.05) is 12.5 Å². The SMILES string of the molecule is COc1c(Cl)ncn(CC2Cc3ccccc32)c1=O. The minimum Gasteiger partial charge on any atom is -0.489 e. The van der Waals surface area contributed by atoms with Crippen molar-refractivity contribution >= 4 is 11.6 Å². The molecule has 19 heavy (non-hydrogen) atoms. The van der Waals surface area contributed by atoms with Crippen LogP contribution in [0.4, 0.5) is 0 Å². The van der Waals surface area contributed by atoms with Crippen LogP contribution in [0.15, 0.2) is 35.4 Å². The zero-order chi connectivity index (χ0) is 13.4. The highest BCUT2D eigenvalue weighted by atomic mass is 35.5. The van der Waals surface area contributed by atoms with E-state index in [0.29, 0.717) is 12.5 Å². The summed E-state index contributed by atoms with van der Waals surface area (Å²) in [6.45, 7) is 0.608. The van der Waals surface area contributed by atoms with Gasteiger partial charge in [-0.15, -0.1) is 0 Å². The second-order valence-electron chi connectivity index (χ2n) is 4.63. The smallest absolute Gasteiger partial charge is 0.297 e. The number of fused-ring (bicyclic) bond motifs is 1. The van der Waals surface area contributed by atoms with Crippen LogP contribution in [0.5, 0.6) is 5.75 Å². The maximum Gasteiger partial charge on any atom is 0.297 e. The van der Waals surface area contributed by atoms with Gasteiger partial charge in [0.25, 0.3) is 5.56 Å². The Morgan fingerprint density at radius 2 is 2.26 bits per heavy atom. The summed E-state index contributed by atoms with van der Waals surface area (Å²) in [6, 6.07) is 8.28. The first-order valence-corrected chi connectivity index (χ1v) is 6.45. The molecule has 0 bridgehead atoms. The van der Waals surface area contributed by atoms with Crippen molar-refractivity contribution in [2.45, 2.75) is 18.9 Å². The van der Waals surface area contributed by atoms with Crippen LogP contribution in [0.3, 0.4) is 0 Å². The number of benzene rings is 1. The average molecular weight is 277 g/mol. The van der Waals surface area contributed by atoms with Crippen molar-refractivity contribution in [1.82, 2.24) is 9.55 Å². The van der Waals surface area contributed by atoms with Crippen LogP contribution in [0.1, 0.15) is 17.0 Å². The maximum absolute atomic E-state index is 12.1. The van der Waals surface area contributed by atoms with Crippen molar-refractivity contribution in [3.8, 4) is 5.75 Å². The minimum atomic E-state index is -0.230. The van der Waals surface area contributed by atoms with Crippen LogP contribution in [0.2, 0.25) is 5.15 Å². The van der Waals surface area contributed by atoms with Gasteiger partial charge < -0.3 is 4.74 Å². The average Bonchev–Trinajstić information content (AvgIpc) is 2.39. The van der Waals surface area contributed by atoms with Crippen LogP contribution in [0, 0.1) is 0 Å². The van der Waals surface area contributed by atoms with Crippen LogP contribution < -0.4 is 10.3 Å². The molecular weight excluding hydrogens is 264 g/mol. The van der Waals surface area contributed by atoms with Gasteiger partial charge in [0.2, 0.25) is 5.75 Å². The zero-order valence-corrected chi connectivity index (χ0v) is 11.2. The molecule has 1 heterocycles. The minimum absolute atomic E-state index is 0.108. The van der Waals surface area contributed by atoms with Crippen molar-refractivity contribution in [1.29, 1.82) is 0 Å². The number of hydrogen-bond acceptors (Lipinski definition) is 3. The summed E-state index contributed by atoms with van der Waals surface area (Å²) in [5, 5.41) is 0.109. The molecule has 0 N–H and O–H groups in total. The largest absolute Gasteiger partial charge is 0.489 e. The molecule has 2 aromatic rings. The molecule has 0 radical (unpaired) electrons. The number of halogens is 1. The topological polar surface area (TPSA) is 44.1 Å². The van der Waals surface area contributed by atoms with E-state index in [1.54, 1.807) is 4.57 Å². The van der Waals surface area contributed by atoms with E-state index in [4.69, 9.17) is 16.3 Å². The van der Waals surface area contributed by atoms with Gasteiger partial charge in [-0.3, -0.25) is 9.36 Å². The van der Waals surface area contributed by atoms with Gasteiger partial charge in [-0.05, 0) is 17.5 Å². The Morgan fingerprint density at radius 3 is 3.00 bits per heavy atom. The predicted molar refractivity (Wildman–Crippen MR) is 72.9 cm³/mol. The van der Waals surface area contributed by atoms with Crippen LogP contribution in [-0.4, -0.2) is 16.7 Å². The summed E-state index contributed by atoms with van der Waals surface area (Å²) in [4.78, 5) is 16.1. The van der Waals surface area contributed by atoms with Gasteiger partial charge in [0.05, 0.1) is 13.4 Å². The Morgan fingerprint density at radius 1 is 1.47 bits per heavy atom. The van der Waals surface area contributed by atoms with Crippen LogP contribution in [-0.2, 0) is 13.0 Å². The van der Waals surface area contributed by atoms with E-state index in [2.05, 4.69) is 17.1 Å². The molecule has 4 nitrogen and oxygen atoms in total. The number of nitrogens with zero attached hydrogens (tertiary/aromatic N) is 2. The van der Waals surface area contributed by atoms with Gasteiger partial charge in [-0.2, -0.15) is 0 Å². The van der Waals surface area contributed by atoms with Gasteiger partial charge >= 0.3 is 0 Å². The first-order chi connectivity index (χ1) is 9.20. The lowest BCUT2D eigenvalue weighted by Crippen LogP contribution is -2.29. The molecule has 1 unspecified atom stereocenters. The third-order valence-electron chi connectivity index (χ3n) is 3.54. The molecule has 0 saturated heterocycles. The number of rotatable bonds is 3. The molecule has 5 heteroatoms. The maximum atomic E-state index is 12.1. The Balaban J connectivity index is 1.89. The first-order valence-electron chi connectivity index (χ1n) is 6.07. The monoisotopic (exact) mass is 276 g/mol. The molecule has 1 aromatic heterocycles. The number of hydrogen-bond donors (Lipinski definition) is 0. The summed E-state index contributed by atoms with van der Waals surface area (Å²) >= 11 is 5.82. The Bertz CT molecular complexity index is 681. The molecule has 3 rings (SSSR count). The fourth-order valence-corrected chi connectivity index (χ4v) is 2.72.